The van der Waals surface area contributed by atoms with E-state index in [1.54, 1.807) is 0 Å². The smallest absolute Gasteiger partial charge is 0.310 e. The molecule has 0 atom stereocenters. The van der Waals surface area contributed by atoms with E-state index < -0.39 is 15.1 Å². The van der Waals surface area contributed by atoms with Crippen molar-refractivity contribution in [2.75, 3.05) is 7.11 Å². The summed E-state index contributed by atoms with van der Waals surface area (Å²) in [6.07, 6.45) is 0. The van der Waals surface area contributed by atoms with Gasteiger partial charge in [-0.3, -0.25) is 0 Å². The highest BCUT2D eigenvalue weighted by Gasteiger charge is 2.65. The summed E-state index contributed by atoms with van der Waals surface area (Å²) in [5, 5.41) is 0. The standard InChI is InChI=1S/C7H6BrF5OS/c1-14-7-4-5(2-3-6(7)8)15(9,10,11,12)13/h2-4H,1H3. The van der Waals surface area contributed by atoms with Gasteiger partial charge in [0.15, 0.2) is 0 Å². The molecule has 0 unspecified atom stereocenters. The summed E-state index contributed by atoms with van der Waals surface area (Å²) >= 11 is 2.87. The summed E-state index contributed by atoms with van der Waals surface area (Å²) < 4.78 is 66.3. The number of halogens is 6. The quantitative estimate of drug-likeness (QED) is 0.689. The van der Waals surface area contributed by atoms with Crippen LogP contribution in [0.1, 0.15) is 0 Å². The van der Waals surface area contributed by atoms with E-state index in [-0.39, 0.29) is 16.3 Å². The van der Waals surface area contributed by atoms with Gasteiger partial charge in [-0.15, -0.1) is 0 Å². The second kappa shape index (κ2) is 2.79. The van der Waals surface area contributed by atoms with Gasteiger partial charge in [0, 0.05) is 6.07 Å². The second-order valence-corrected chi connectivity index (χ2v) is 6.03. The first kappa shape index (κ1) is 12.6. The van der Waals surface area contributed by atoms with E-state index in [0.717, 1.165) is 13.2 Å². The van der Waals surface area contributed by atoms with Crippen molar-refractivity contribution in [2.24, 2.45) is 0 Å². The first-order valence-corrected chi connectivity index (χ1v) is 6.26. The summed E-state index contributed by atoms with van der Waals surface area (Å²) in [5.74, 6) is -0.291. The van der Waals surface area contributed by atoms with Crippen LogP contribution in [0.2, 0.25) is 0 Å². The molecule has 1 aromatic carbocycles. The molecular weight excluding hydrogens is 307 g/mol. The molecule has 88 valence electrons. The highest BCUT2D eigenvalue weighted by molar-refractivity contribution is 9.10. The van der Waals surface area contributed by atoms with Gasteiger partial charge in [0.2, 0.25) is 0 Å². The molecule has 0 aromatic heterocycles. The van der Waals surface area contributed by atoms with E-state index in [2.05, 4.69) is 20.7 Å². The van der Waals surface area contributed by atoms with Crippen LogP contribution in [0.25, 0.3) is 0 Å². The second-order valence-electron chi connectivity index (χ2n) is 2.77. The predicted octanol–water partition coefficient (Wildman–Crippen LogP) is 5.12. The van der Waals surface area contributed by atoms with Gasteiger partial charge in [-0.25, -0.2) is 0 Å². The third-order valence-corrected chi connectivity index (χ3v) is 3.37. The van der Waals surface area contributed by atoms with Gasteiger partial charge < -0.3 is 4.74 Å². The van der Waals surface area contributed by atoms with Crippen LogP contribution in [0.4, 0.5) is 19.4 Å². The van der Waals surface area contributed by atoms with Gasteiger partial charge in [-0.05, 0) is 28.1 Å². The van der Waals surface area contributed by atoms with Crippen molar-refractivity contribution in [1.82, 2.24) is 0 Å². The maximum Gasteiger partial charge on any atom is 0.310 e. The molecule has 0 spiro atoms. The van der Waals surface area contributed by atoms with Gasteiger partial charge in [-0.1, -0.05) is 19.4 Å². The van der Waals surface area contributed by atoms with Gasteiger partial charge in [-0.2, -0.15) is 0 Å². The molecule has 15 heavy (non-hydrogen) atoms. The molecule has 0 aliphatic heterocycles. The van der Waals surface area contributed by atoms with Crippen LogP contribution >= 0.6 is 26.2 Å². The Morgan fingerprint density at radius 3 is 2.07 bits per heavy atom. The van der Waals surface area contributed by atoms with E-state index in [0.29, 0.717) is 6.07 Å². The van der Waals surface area contributed by atoms with Crippen molar-refractivity contribution in [1.29, 1.82) is 0 Å². The van der Waals surface area contributed by atoms with Crippen molar-refractivity contribution < 1.29 is 24.2 Å². The molecule has 8 heteroatoms. The maximum atomic E-state index is 12.3. The van der Waals surface area contributed by atoms with Gasteiger partial charge in [0.05, 0.1) is 11.6 Å². The minimum Gasteiger partial charge on any atom is -0.496 e. The molecule has 0 aliphatic carbocycles. The third kappa shape index (κ3) is 2.97. The topological polar surface area (TPSA) is 9.23 Å². The molecule has 0 aliphatic rings. The third-order valence-electron chi connectivity index (χ3n) is 1.57. The van der Waals surface area contributed by atoms with Crippen LogP contribution in [0, 0.1) is 0 Å². The highest BCUT2D eigenvalue weighted by atomic mass is 79.9. The summed E-state index contributed by atoms with van der Waals surface area (Å²) in [6.45, 7) is 0. The van der Waals surface area contributed by atoms with Crippen LogP contribution in [-0.4, -0.2) is 7.11 Å². The summed E-state index contributed by atoms with van der Waals surface area (Å²) in [4.78, 5) is -1.96. The van der Waals surface area contributed by atoms with Gasteiger partial charge >= 0.3 is 10.2 Å². The molecule has 0 saturated carbocycles. The number of ether oxygens (including phenoxy) is 1. The number of rotatable bonds is 2. The fourth-order valence-corrected chi connectivity index (χ4v) is 1.94. The SMILES string of the molecule is COc1cc(S(F)(F)(F)(F)F)ccc1Br. The molecule has 0 N–H and O–H groups in total. The zero-order valence-corrected chi connectivity index (χ0v) is 9.72. The molecule has 1 aromatic rings. The number of methoxy groups -OCH3 is 1. The van der Waals surface area contributed by atoms with E-state index in [9.17, 15) is 19.4 Å². The van der Waals surface area contributed by atoms with Crippen molar-refractivity contribution in [3.8, 4) is 5.75 Å². The Morgan fingerprint density at radius 2 is 1.67 bits per heavy atom. The Morgan fingerprint density at radius 1 is 1.13 bits per heavy atom. The van der Waals surface area contributed by atoms with E-state index >= 15 is 0 Å². The van der Waals surface area contributed by atoms with Crippen molar-refractivity contribution in [3.05, 3.63) is 22.7 Å². The summed E-state index contributed by atoms with van der Waals surface area (Å²) in [5.41, 5.74) is 0. The minimum absolute atomic E-state index is 0.176. The van der Waals surface area contributed by atoms with Gasteiger partial charge in [0.25, 0.3) is 0 Å². The predicted molar refractivity (Wildman–Crippen MR) is 52.1 cm³/mol. The summed E-state index contributed by atoms with van der Waals surface area (Å²) in [7, 11) is -8.51. The van der Waals surface area contributed by atoms with Crippen molar-refractivity contribution >= 4 is 26.2 Å². The average molecular weight is 313 g/mol. The maximum absolute atomic E-state index is 12.3. The first-order valence-electron chi connectivity index (χ1n) is 3.52. The van der Waals surface area contributed by atoms with Crippen molar-refractivity contribution in [2.45, 2.75) is 4.90 Å². The van der Waals surface area contributed by atoms with Crippen LogP contribution in [0.5, 0.6) is 5.75 Å². The Kier molecular flexibility index (Phi) is 2.34. The monoisotopic (exact) mass is 312 g/mol. The zero-order chi connectivity index (χ0) is 12.0. The number of hydrogen-bond acceptors (Lipinski definition) is 1. The van der Waals surface area contributed by atoms with Crippen LogP contribution in [-0.2, 0) is 0 Å². The molecule has 0 heterocycles. The fraction of sp³-hybridized carbons (Fsp3) is 0.143. The first-order chi connectivity index (χ1) is 6.44. The van der Waals surface area contributed by atoms with Crippen LogP contribution in [0.3, 0.4) is 0 Å². The van der Waals surface area contributed by atoms with Crippen LogP contribution in [0.15, 0.2) is 27.6 Å². The number of hydrogen-bond donors (Lipinski definition) is 0. The minimum atomic E-state index is -9.61. The lowest BCUT2D eigenvalue weighted by atomic mass is 10.3. The lowest BCUT2D eigenvalue weighted by Gasteiger charge is -2.40. The molecule has 1 rings (SSSR count). The molecule has 0 radical (unpaired) electrons. The Hall–Kier alpha value is -0.500. The lowest BCUT2D eigenvalue weighted by Crippen LogP contribution is -2.06. The molecule has 0 saturated heterocycles. The molecule has 0 fully saturated rings. The molecule has 0 bridgehead atoms. The molecule has 0 amide bonds. The van der Waals surface area contributed by atoms with Gasteiger partial charge in [0.1, 0.15) is 10.6 Å². The zero-order valence-electron chi connectivity index (χ0n) is 7.32. The normalized spacial score (nSPS) is 16.7. The average Bonchev–Trinajstić information content (AvgIpc) is 2.00. The van der Waals surface area contributed by atoms with E-state index in [1.165, 1.54) is 0 Å². The summed E-state index contributed by atoms with van der Waals surface area (Å²) in [6, 6.07) is 1.45. The lowest BCUT2D eigenvalue weighted by molar-refractivity contribution is 0.361. The Bertz CT molecular complexity index is 401. The van der Waals surface area contributed by atoms with E-state index in [4.69, 9.17) is 0 Å². The fourth-order valence-electron chi connectivity index (χ4n) is 0.880. The number of benzene rings is 1. The van der Waals surface area contributed by atoms with Crippen molar-refractivity contribution in [3.63, 3.8) is 0 Å². The van der Waals surface area contributed by atoms with Crippen LogP contribution < -0.4 is 4.74 Å². The largest absolute Gasteiger partial charge is 0.496 e. The molecular formula is C7H6BrF5OS. The molecule has 1 nitrogen and oxygen atoms in total. The van der Waals surface area contributed by atoms with E-state index in [1.807, 2.05) is 0 Å². The Balaban J connectivity index is 3.44. The highest BCUT2D eigenvalue weighted by Crippen LogP contribution is 3.02. The Labute approximate surface area is 91.1 Å².